The molecule has 0 aromatic heterocycles. The van der Waals surface area contributed by atoms with E-state index < -0.39 is 22.9 Å². The number of non-ortho nitro benzene ring substituents is 1. The summed E-state index contributed by atoms with van der Waals surface area (Å²) in [6.07, 6.45) is -1.20. The second-order valence-corrected chi connectivity index (χ2v) is 6.21. The Kier molecular flexibility index (Phi) is 6.59. The molecule has 0 bridgehead atoms. The third-order valence-electron chi connectivity index (χ3n) is 3.40. The van der Waals surface area contributed by atoms with E-state index in [2.05, 4.69) is 5.32 Å². The van der Waals surface area contributed by atoms with Crippen molar-refractivity contribution < 1.29 is 24.0 Å². The summed E-state index contributed by atoms with van der Waals surface area (Å²) in [6.45, 7) is 1.35. The zero-order valence-corrected chi connectivity index (χ0v) is 15.7. The largest absolute Gasteiger partial charge is 0.496 e. The smallest absolute Gasteiger partial charge is 0.342 e. The van der Waals surface area contributed by atoms with Crippen LogP contribution in [0.1, 0.15) is 17.3 Å². The van der Waals surface area contributed by atoms with Gasteiger partial charge in [-0.1, -0.05) is 23.2 Å². The molecule has 10 heteroatoms. The van der Waals surface area contributed by atoms with E-state index in [4.69, 9.17) is 32.7 Å². The van der Waals surface area contributed by atoms with Gasteiger partial charge < -0.3 is 14.8 Å². The van der Waals surface area contributed by atoms with Crippen LogP contribution in [0.2, 0.25) is 10.0 Å². The number of anilines is 1. The van der Waals surface area contributed by atoms with Gasteiger partial charge in [-0.15, -0.1) is 0 Å². The van der Waals surface area contributed by atoms with Gasteiger partial charge in [0.1, 0.15) is 11.3 Å². The van der Waals surface area contributed by atoms with E-state index in [0.717, 1.165) is 6.07 Å². The standard InChI is InChI=1S/C17H14Cl2N2O6/c1-9(16(22)20-12-6-10(18)5-11(19)7-12)27-17(23)14-8-13(21(24)25)3-4-15(14)26-2/h3-9H,1-2H3,(H,20,22)/t9-/m1/s1. The molecule has 27 heavy (non-hydrogen) atoms. The minimum Gasteiger partial charge on any atom is -0.496 e. The van der Waals surface area contributed by atoms with Gasteiger partial charge in [0.2, 0.25) is 0 Å². The van der Waals surface area contributed by atoms with Gasteiger partial charge >= 0.3 is 5.97 Å². The number of nitrogens with zero attached hydrogens (tertiary/aromatic N) is 1. The van der Waals surface area contributed by atoms with Crippen LogP contribution in [0.5, 0.6) is 5.75 Å². The van der Waals surface area contributed by atoms with E-state index in [9.17, 15) is 19.7 Å². The highest BCUT2D eigenvalue weighted by Crippen LogP contribution is 2.26. The van der Waals surface area contributed by atoms with Crippen molar-refractivity contribution in [1.82, 2.24) is 0 Å². The minimum absolute atomic E-state index is 0.0832. The molecule has 2 rings (SSSR count). The molecule has 1 N–H and O–H groups in total. The maximum Gasteiger partial charge on any atom is 0.342 e. The molecular weight excluding hydrogens is 399 g/mol. The van der Waals surface area contributed by atoms with Crippen molar-refractivity contribution in [3.05, 3.63) is 62.1 Å². The summed E-state index contributed by atoms with van der Waals surface area (Å²) in [7, 11) is 1.30. The summed E-state index contributed by atoms with van der Waals surface area (Å²) < 4.78 is 10.1. The molecule has 0 aliphatic carbocycles. The van der Waals surface area contributed by atoms with Crippen molar-refractivity contribution in [3.8, 4) is 5.75 Å². The first-order valence-corrected chi connectivity index (χ1v) is 8.27. The number of ether oxygens (including phenoxy) is 2. The third kappa shape index (κ3) is 5.32. The number of methoxy groups -OCH3 is 1. The Morgan fingerprint density at radius 3 is 2.33 bits per heavy atom. The zero-order valence-electron chi connectivity index (χ0n) is 14.2. The normalized spacial score (nSPS) is 11.4. The first kappa shape index (κ1) is 20.5. The molecule has 142 valence electrons. The number of nitro benzene ring substituents is 1. The van der Waals surface area contributed by atoms with Crippen LogP contribution in [-0.2, 0) is 9.53 Å². The van der Waals surface area contributed by atoms with Crippen LogP contribution < -0.4 is 10.1 Å². The summed E-state index contributed by atoms with van der Waals surface area (Å²) >= 11 is 11.7. The fraction of sp³-hybridized carbons (Fsp3) is 0.176. The zero-order chi connectivity index (χ0) is 20.1. The van der Waals surface area contributed by atoms with Crippen molar-refractivity contribution in [1.29, 1.82) is 0 Å². The third-order valence-corrected chi connectivity index (χ3v) is 3.83. The van der Waals surface area contributed by atoms with E-state index in [0.29, 0.717) is 15.7 Å². The number of nitrogens with one attached hydrogen (secondary N) is 1. The number of benzene rings is 2. The monoisotopic (exact) mass is 412 g/mol. The van der Waals surface area contributed by atoms with E-state index in [1.807, 2.05) is 0 Å². The van der Waals surface area contributed by atoms with Gasteiger partial charge in [0.15, 0.2) is 6.10 Å². The number of esters is 1. The highest BCUT2D eigenvalue weighted by molar-refractivity contribution is 6.35. The Balaban J connectivity index is 2.13. The Morgan fingerprint density at radius 2 is 1.78 bits per heavy atom. The first-order valence-electron chi connectivity index (χ1n) is 7.51. The van der Waals surface area contributed by atoms with Gasteiger partial charge in [-0.2, -0.15) is 0 Å². The summed E-state index contributed by atoms with van der Waals surface area (Å²) in [5.41, 5.74) is -0.154. The number of halogens is 2. The molecule has 0 spiro atoms. The quantitative estimate of drug-likeness (QED) is 0.434. The lowest BCUT2D eigenvalue weighted by molar-refractivity contribution is -0.384. The summed E-state index contributed by atoms with van der Waals surface area (Å²) in [4.78, 5) is 34.8. The summed E-state index contributed by atoms with van der Waals surface area (Å²) in [6, 6.07) is 7.92. The van der Waals surface area contributed by atoms with Crippen LogP contribution in [0.4, 0.5) is 11.4 Å². The highest BCUT2D eigenvalue weighted by Gasteiger charge is 2.23. The van der Waals surface area contributed by atoms with Crippen molar-refractivity contribution in [2.45, 2.75) is 13.0 Å². The van der Waals surface area contributed by atoms with E-state index >= 15 is 0 Å². The van der Waals surface area contributed by atoms with Crippen LogP contribution in [0.25, 0.3) is 0 Å². The molecule has 2 aromatic carbocycles. The van der Waals surface area contributed by atoms with Crippen molar-refractivity contribution in [2.24, 2.45) is 0 Å². The van der Waals surface area contributed by atoms with E-state index in [-0.39, 0.29) is 17.0 Å². The molecule has 2 aromatic rings. The number of rotatable bonds is 6. The molecule has 0 aliphatic rings. The van der Waals surface area contributed by atoms with Gasteiger partial charge in [0.05, 0.1) is 12.0 Å². The molecule has 0 fully saturated rings. The second-order valence-electron chi connectivity index (χ2n) is 5.34. The van der Waals surface area contributed by atoms with Crippen molar-refractivity contribution in [3.63, 3.8) is 0 Å². The Bertz CT molecular complexity index is 883. The topological polar surface area (TPSA) is 108 Å². The number of hydrogen-bond donors (Lipinski definition) is 1. The van der Waals surface area contributed by atoms with Crippen LogP contribution >= 0.6 is 23.2 Å². The highest BCUT2D eigenvalue weighted by atomic mass is 35.5. The minimum atomic E-state index is -1.20. The predicted octanol–water partition coefficient (Wildman–Crippen LogP) is 4.09. The molecule has 0 saturated carbocycles. The average molecular weight is 413 g/mol. The van der Waals surface area contributed by atoms with Crippen LogP contribution in [0, 0.1) is 10.1 Å². The maximum absolute atomic E-state index is 12.3. The van der Waals surface area contributed by atoms with Gasteiger partial charge in [-0.25, -0.2) is 4.79 Å². The van der Waals surface area contributed by atoms with Gasteiger partial charge in [-0.3, -0.25) is 14.9 Å². The predicted molar refractivity (Wildman–Crippen MR) is 99.6 cm³/mol. The molecule has 0 unspecified atom stereocenters. The second kappa shape index (κ2) is 8.70. The SMILES string of the molecule is COc1ccc([N+](=O)[O-])cc1C(=O)O[C@H](C)C(=O)Nc1cc(Cl)cc(Cl)c1. The molecule has 8 nitrogen and oxygen atoms in total. The van der Waals surface area contributed by atoms with Gasteiger partial charge in [-0.05, 0) is 31.2 Å². The molecule has 0 aliphatic heterocycles. The first-order chi connectivity index (χ1) is 12.7. The summed E-state index contributed by atoms with van der Waals surface area (Å²) in [5, 5.41) is 14.1. The number of carbonyl (C=O) groups is 2. The van der Waals surface area contributed by atoms with Crippen LogP contribution in [0.15, 0.2) is 36.4 Å². The Labute approximate surface area is 164 Å². The van der Waals surface area contributed by atoms with Gasteiger partial charge in [0, 0.05) is 27.9 Å². The van der Waals surface area contributed by atoms with Crippen molar-refractivity contribution >= 4 is 46.5 Å². The lowest BCUT2D eigenvalue weighted by Crippen LogP contribution is -2.30. The van der Waals surface area contributed by atoms with Crippen LogP contribution in [-0.4, -0.2) is 30.0 Å². The molecule has 0 radical (unpaired) electrons. The van der Waals surface area contributed by atoms with Crippen LogP contribution in [0.3, 0.4) is 0 Å². The fourth-order valence-corrected chi connectivity index (χ4v) is 2.64. The molecule has 0 saturated heterocycles. The van der Waals surface area contributed by atoms with Gasteiger partial charge in [0.25, 0.3) is 11.6 Å². The average Bonchev–Trinajstić information content (AvgIpc) is 2.59. The van der Waals surface area contributed by atoms with E-state index in [1.165, 1.54) is 44.4 Å². The number of carbonyl (C=O) groups excluding carboxylic acids is 2. The number of amides is 1. The molecule has 1 amide bonds. The number of hydrogen-bond acceptors (Lipinski definition) is 6. The molecule has 0 heterocycles. The Morgan fingerprint density at radius 1 is 1.15 bits per heavy atom. The lowest BCUT2D eigenvalue weighted by atomic mass is 10.1. The Hall–Kier alpha value is -2.84. The lowest BCUT2D eigenvalue weighted by Gasteiger charge is -2.15. The summed E-state index contributed by atoms with van der Waals surface area (Å²) in [5.74, 6) is -1.49. The fourth-order valence-electron chi connectivity index (χ4n) is 2.12. The van der Waals surface area contributed by atoms with Crippen molar-refractivity contribution in [2.75, 3.05) is 12.4 Å². The number of nitro groups is 1. The molecule has 1 atom stereocenters. The molecular formula is C17H14Cl2N2O6. The van der Waals surface area contributed by atoms with E-state index in [1.54, 1.807) is 0 Å². The maximum atomic E-state index is 12.3.